The predicted octanol–water partition coefficient (Wildman–Crippen LogP) is 5.01. The van der Waals surface area contributed by atoms with Gasteiger partial charge in [0.2, 0.25) is 6.29 Å². The molecule has 0 N–H and O–H groups in total. The molecular weight excluding hydrogens is 272 g/mol. The Morgan fingerprint density at radius 3 is 2.14 bits per heavy atom. The average molecular weight is 298 g/mol. The molecule has 0 saturated heterocycles. The summed E-state index contributed by atoms with van der Waals surface area (Å²) in [4.78, 5) is 0. The van der Waals surface area contributed by atoms with E-state index >= 15 is 0 Å². The van der Waals surface area contributed by atoms with Crippen molar-refractivity contribution in [3.05, 3.63) is 65.7 Å². The average Bonchev–Trinajstić information content (AvgIpc) is 2.50. The molecule has 1 atom stereocenters. The maximum absolute atomic E-state index is 6.04. The predicted molar refractivity (Wildman–Crippen MR) is 91.2 cm³/mol. The van der Waals surface area contributed by atoms with Crippen molar-refractivity contribution in [1.29, 1.82) is 0 Å². The fraction of sp³-hybridized carbons (Fsp3) is 0.400. The molecular formula is C20H26O2. The maximum Gasteiger partial charge on any atom is 0.204 e. The highest BCUT2D eigenvalue weighted by Crippen LogP contribution is 2.18. The Bertz CT molecular complexity index is 531. The number of ether oxygens (including phenoxy) is 2. The molecule has 0 heterocycles. The lowest BCUT2D eigenvalue weighted by atomic mass is 10.1. The zero-order valence-electron chi connectivity index (χ0n) is 13.8. The van der Waals surface area contributed by atoms with Crippen molar-refractivity contribution in [3.63, 3.8) is 0 Å². The summed E-state index contributed by atoms with van der Waals surface area (Å²) in [6.45, 7) is 6.26. The van der Waals surface area contributed by atoms with Gasteiger partial charge in [0, 0.05) is 6.42 Å². The van der Waals surface area contributed by atoms with Gasteiger partial charge in [-0.1, -0.05) is 55.8 Å². The van der Waals surface area contributed by atoms with Gasteiger partial charge < -0.3 is 9.47 Å². The van der Waals surface area contributed by atoms with Crippen molar-refractivity contribution in [2.24, 2.45) is 0 Å². The highest BCUT2D eigenvalue weighted by atomic mass is 16.7. The van der Waals surface area contributed by atoms with E-state index < -0.39 is 0 Å². The first-order chi connectivity index (χ1) is 10.7. The van der Waals surface area contributed by atoms with Crippen molar-refractivity contribution < 1.29 is 9.47 Å². The van der Waals surface area contributed by atoms with E-state index in [0.717, 1.165) is 25.0 Å². The van der Waals surface area contributed by atoms with Crippen molar-refractivity contribution in [2.75, 3.05) is 0 Å². The van der Waals surface area contributed by atoms with Crippen LogP contribution >= 0.6 is 0 Å². The first kappa shape index (κ1) is 16.6. The van der Waals surface area contributed by atoms with Gasteiger partial charge >= 0.3 is 0 Å². The normalized spacial score (nSPS) is 12.4. The number of hydrogen-bond donors (Lipinski definition) is 0. The fourth-order valence-corrected chi connectivity index (χ4v) is 2.40. The number of aryl methyl sites for hydroxylation is 1. The first-order valence-corrected chi connectivity index (χ1v) is 8.12. The van der Waals surface area contributed by atoms with Crippen molar-refractivity contribution in [3.8, 4) is 5.75 Å². The summed E-state index contributed by atoms with van der Waals surface area (Å²) in [6.07, 6.45) is 2.88. The topological polar surface area (TPSA) is 18.5 Å². The highest BCUT2D eigenvalue weighted by Gasteiger charge is 2.14. The summed E-state index contributed by atoms with van der Waals surface area (Å²) in [5.74, 6) is 0.862. The van der Waals surface area contributed by atoms with Gasteiger partial charge in [-0.3, -0.25) is 0 Å². The molecule has 2 heteroatoms. The van der Waals surface area contributed by atoms with Gasteiger partial charge in [-0.15, -0.1) is 0 Å². The minimum Gasteiger partial charge on any atom is -0.465 e. The number of rotatable bonds is 8. The van der Waals surface area contributed by atoms with Crippen LogP contribution in [0.4, 0.5) is 0 Å². The number of hydrogen-bond acceptors (Lipinski definition) is 2. The van der Waals surface area contributed by atoms with Crippen LogP contribution in [0.15, 0.2) is 54.6 Å². The van der Waals surface area contributed by atoms with Crippen LogP contribution in [0.25, 0.3) is 0 Å². The third-order valence-corrected chi connectivity index (χ3v) is 3.40. The monoisotopic (exact) mass is 298 g/mol. The van der Waals surface area contributed by atoms with Crippen LogP contribution in [-0.2, 0) is 17.6 Å². The van der Waals surface area contributed by atoms with Gasteiger partial charge in [0.15, 0.2) is 0 Å². The summed E-state index contributed by atoms with van der Waals surface area (Å²) in [5, 5.41) is 0. The molecule has 118 valence electrons. The molecule has 0 aromatic heterocycles. The molecule has 0 radical (unpaired) electrons. The SMILES string of the molecule is CCCc1ccc(OC(Cc2ccccc2)OC(C)C)cc1. The van der Waals surface area contributed by atoms with Gasteiger partial charge in [-0.2, -0.15) is 0 Å². The van der Waals surface area contributed by atoms with Crippen LogP contribution in [0.1, 0.15) is 38.3 Å². The highest BCUT2D eigenvalue weighted by molar-refractivity contribution is 5.27. The molecule has 0 aliphatic rings. The van der Waals surface area contributed by atoms with E-state index in [0.29, 0.717) is 0 Å². The van der Waals surface area contributed by atoms with E-state index in [4.69, 9.17) is 9.47 Å². The minimum atomic E-state index is -0.264. The van der Waals surface area contributed by atoms with Gasteiger partial charge in [-0.25, -0.2) is 0 Å². The van der Waals surface area contributed by atoms with Crippen LogP contribution in [0, 0.1) is 0 Å². The third-order valence-electron chi connectivity index (χ3n) is 3.40. The first-order valence-electron chi connectivity index (χ1n) is 8.12. The van der Waals surface area contributed by atoms with E-state index in [1.54, 1.807) is 0 Å². The standard InChI is InChI=1S/C20H26O2/c1-4-8-17-11-13-19(14-12-17)22-20(21-16(2)3)15-18-9-6-5-7-10-18/h5-7,9-14,16,20H,4,8,15H2,1-3H3. The van der Waals surface area contributed by atoms with Gasteiger partial charge in [0.1, 0.15) is 5.75 Å². The summed E-state index contributed by atoms with van der Waals surface area (Å²) >= 11 is 0. The number of benzene rings is 2. The molecule has 2 aromatic carbocycles. The zero-order chi connectivity index (χ0) is 15.8. The Morgan fingerprint density at radius 1 is 0.864 bits per heavy atom. The lowest BCUT2D eigenvalue weighted by molar-refractivity contribution is -0.106. The van der Waals surface area contributed by atoms with E-state index in [1.165, 1.54) is 11.1 Å². The molecule has 0 aliphatic carbocycles. The molecule has 0 bridgehead atoms. The smallest absolute Gasteiger partial charge is 0.204 e. The van der Waals surface area contributed by atoms with Crippen LogP contribution < -0.4 is 4.74 Å². The molecule has 0 fully saturated rings. The Kier molecular flexibility index (Phi) is 6.47. The van der Waals surface area contributed by atoms with E-state index in [1.807, 2.05) is 44.2 Å². The summed E-state index contributed by atoms with van der Waals surface area (Å²) in [7, 11) is 0. The summed E-state index contributed by atoms with van der Waals surface area (Å²) < 4.78 is 12.0. The van der Waals surface area contributed by atoms with E-state index in [9.17, 15) is 0 Å². The molecule has 2 rings (SSSR count). The third kappa shape index (κ3) is 5.53. The molecule has 22 heavy (non-hydrogen) atoms. The Balaban J connectivity index is 2.02. The van der Waals surface area contributed by atoms with Crippen molar-refractivity contribution >= 4 is 0 Å². The van der Waals surface area contributed by atoms with Gasteiger partial charge in [-0.05, 0) is 43.5 Å². The van der Waals surface area contributed by atoms with Crippen LogP contribution in [0.5, 0.6) is 5.75 Å². The lowest BCUT2D eigenvalue weighted by Gasteiger charge is -2.22. The van der Waals surface area contributed by atoms with Crippen molar-refractivity contribution in [2.45, 2.75) is 52.4 Å². The fourth-order valence-electron chi connectivity index (χ4n) is 2.40. The second-order valence-electron chi connectivity index (χ2n) is 5.82. The van der Waals surface area contributed by atoms with Crippen LogP contribution in [-0.4, -0.2) is 12.4 Å². The van der Waals surface area contributed by atoms with Gasteiger partial charge in [0.05, 0.1) is 6.10 Å². The molecule has 2 aromatic rings. The molecule has 2 nitrogen and oxygen atoms in total. The summed E-state index contributed by atoms with van der Waals surface area (Å²) in [5.41, 5.74) is 2.56. The van der Waals surface area contributed by atoms with E-state index in [-0.39, 0.29) is 12.4 Å². The Hall–Kier alpha value is -1.80. The van der Waals surface area contributed by atoms with E-state index in [2.05, 4.69) is 31.2 Å². The second kappa shape index (κ2) is 8.60. The maximum atomic E-state index is 6.04. The summed E-state index contributed by atoms with van der Waals surface area (Å²) in [6, 6.07) is 18.6. The Morgan fingerprint density at radius 2 is 1.55 bits per heavy atom. The lowest BCUT2D eigenvalue weighted by Crippen LogP contribution is -2.26. The Labute approximate surface area is 134 Å². The largest absolute Gasteiger partial charge is 0.465 e. The molecule has 1 unspecified atom stereocenters. The molecule has 0 spiro atoms. The van der Waals surface area contributed by atoms with Crippen molar-refractivity contribution in [1.82, 2.24) is 0 Å². The quantitative estimate of drug-likeness (QED) is 0.638. The minimum absolute atomic E-state index is 0.132. The zero-order valence-corrected chi connectivity index (χ0v) is 13.8. The van der Waals surface area contributed by atoms with Gasteiger partial charge in [0.25, 0.3) is 0 Å². The van der Waals surface area contributed by atoms with Crippen LogP contribution in [0.3, 0.4) is 0 Å². The molecule has 0 amide bonds. The molecule has 0 aliphatic heterocycles. The molecule has 0 saturated carbocycles. The second-order valence-corrected chi connectivity index (χ2v) is 5.82. The van der Waals surface area contributed by atoms with Crippen LogP contribution in [0.2, 0.25) is 0 Å².